The second kappa shape index (κ2) is 5.56. The van der Waals surface area contributed by atoms with E-state index >= 15 is 0 Å². The Balaban J connectivity index is 2.83. The summed E-state index contributed by atoms with van der Waals surface area (Å²) in [7, 11) is 0. The molecule has 0 atom stereocenters. The van der Waals surface area contributed by atoms with E-state index in [1.165, 1.54) is 6.92 Å². The minimum atomic E-state index is -0.277. The van der Waals surface area contributed by atoms with Crippen LogP contribution in [0.25, 0.3) is 0 Å². The molecular weight excluding hydrogens is 120 g/mol. The average molecular weight is 131 g/mol. The topological polar surface area (TPSA) is 46.2 Å². The van der Waals surface area contributed by atoms with Crippen molar-refractivity contribution >= 4 is 5.97 Å². The normalized spacial score (nSPS) is 9.11. The molecule has 53 valence electrons. The third-order valence-corrected chi connectivity index (χ3v) is 0.844. The number of hydrogen-bond acceptors (Lipinski definition) is 2. The van der Waals surface area contributed by atoms with Crippen molar-refractivity contribution in [2.75, 3.05) is 13.2 Å². The van der Waals surface area contributed by atoms with E-state index in [9.17, 15) is 9.90 Å². The molecule has 0 aromatic rings. The molecule has 0 aliphatic rings. The van der Waals surface area contributed by atoms with Crippen molar-refractivity contribution in [2.45, 2.75) is 19.8 Å². The molecule has 1 radical (unpaired) electrons. The zero-order valence-electron chi connectivity index (χ0n) is 5.55. The van der Waals surface area contributed by atoms with Crippen molar-refractivity contribution < 1.29 is 14.6 Å². The SMILES string of the molecule is CC(=O)OCCCC[O]. The molecule has 0 aliphatic heterocycles. The van der Waals surface area contributed by atoms with Crippen LogP contribution in [0.5, 0.6) is 0 Å². The zero-order chi connectivity index (χ0) is 7.11. The maximum Gasteiger partial charge on any atom is 0.302 e. The predicted octanol–water partition coefficient (Wildman–Crippen LogP) is 0.760. The fraction of sp³-hybridized carbons (Fsp3) is 0.833. The van der Waals surface area contributed by atoms with E-state index in [-0.39, 0.29) is 12.6 Å². The second-order valence-corrected chi connectivity index (χ2v) is 1.75. The van der Waals surface area contributed by atoms with E-state index in [1.54, 1.807) is 0 Å². The Morgan fingerprint density at radius 2 is 2.11 bits per heavy atom. The highest BCUT2D eigenvalue weighted by Gasteiger charge is 1.90. The number of hydrogen-bond donors (Lipinski definition) is 0. The minimum absolute atomic E-state index is 0.0821. The molecular formula is C6H11O3. The Labute approximate surface area is 54.6 Å². The van der Waals surface area contributed by atoms with Crippen LogP contribution in [0.3, 0.4) is 0 Å². The van der Waals surface area contributed by atoms with Gasteiger partial charge in [0, 0.05) is 6.92 Å². The van der Waals surface area contributed by atoms with Gasteiger partial charge in [-0.05, 0) is 12.8 Å². The molecule has 3 nitrogen and oxygen atoms in total. The average Bonchev–Trinajstić information content (AvgIpc) is 1.80. The summed E-state index contributed by atoms with van der Waals surface area (Å²) in [5, 5.41) is 9.83. The molecule has 0 rings (SSSR count). The van der Waals surface area contributed by atoms with Gasteiger partial charge in [-0.1, -0.05) is 0 Å². The van der Waals surface area contributed by atoms with Crippen molar-refractivity contribution in [3.05, 3.63) is 0 Å². The first-order valence-electron chi connectivity index (χ1n) is 2.99. The molecule has 0 heterocycles. The van der Waals surface area contributed by atoms with Crippen LogP contribution < -0.4 is 0 Å². The number of carbonyl (C=O) groups is 1. The third-order valence-electron chi connectivity index (χ3n) is 0.844. The Morgan fingerprint density at radius 3 is 2.56 bits per heavy atom. The summed E-state index contributed by atoms with van der Waals surface area (Å²) in [4.78, 5) is 10.1. The summed E-state index contributed by atoms with van der Waals surface area (Å²) in [5.74, 6) is -0.277. The van der Waals surface area contributed by atoms with Gasteiger partial charge in [-0.3, -0.25) is 4.79 Å². The first-order chi connectivity index (χ1) is 4.27. The largest absolute Gasteiger partial charge is 0.466 e. The maximum atomic E-state index is 10.1. The lowest BCUT2D eigenvalue weighted by molar-refractivity contribution is -0.141. The van der Waals surface area contributed by atoms with Gasteiger partial charge < -0.3 is 4.74 Å². The standard InChI is InChI=1S/C6H11O3/c1-6(8)9-5-3-2-4-7/h2-5H2,1H3. The summed E-state index contributed by atoms with van der Waals surface area (Å²) < 4.78 is 4.57. The summed E-state index contributed by atoms with van der Waals surface area (Å²) in [6, 6.07) is 0. The fourth-order valence-electron chi connectivity index (χ4n) is 0.420. The molecule has 0 aliphatic carbocycles. The van der Waals surface area contributed by atoms with E-state index in [0.717, 1.165) is 0 Å². The number of unbranched alkanes of at least 4 members (excludes halogenated alkanes) is 1. The molecule has 0 amide bonds. The van der Waals surface area contributed by atoms with Gasteiger partial charge in [0.25, 0.3) is 0 Å². The van der Waals surface area contributed by atoms with Gasteiger partial charge in [0.1, 0.15) is 0 Å². The van der Waals surface area contributed by atoms with Crippen molar-refractivity contribution in [3.63, 3.8) is 0 Å². The molecule has 0 spiro atoms. The molecule has 0 unspecified atom stereocenters. The monoisotopic (exact) mass is 131 g/mol. The van der Waals surface area contributed by atoms with E-state index in [1.807, 2.05) is 0 Å². The number of ether oxygens (including phenoxy) is 1. The summed E-state index contributed by atoms with van der Waals surface area (Å²) in [6.07, 6.45) is 1.27. The Morgan fingerprint density at radius 1 is 1.44 bits per heavy atom. The van der Waals surface area contributed by atoms with Crippen molar-refractivity contribution in [1.82, 2.24) is 0 Å². The van der Waals surface area contributed by atoms with E-state index < -0.39 is 0 Å². The molecule has 0 aromatic carbocycles. The van der Waals surface area contributed by atoms with E-state index in [0.29, 0.717) is 19.4 Å². The maximum absolute atomic E-state index is 10.1. The van der Waals surface area contributed by atoms with Crippen LogP contribution in [0.4, 0.5) is 0 Å². The highest BCUT2D eigenvalue weighted by Crippen LogP contribution is 1.88. The first-order valence-corrected chi connectivity index (χ1v) is 2.99. The van der Waals surface area contributed by atoms with Crippen molar-refractivity contribution in [1.29, 1.82) is 0 Å². The number of rotatable bonds is 4. The molecule has 0 bridgehead atoms. The smallest absolute Gasteiger partial charge is 0.302 e. The highest BCUT2D eigenvalue weighted by molar-refractivity contribution is 5.65. The second-order valence-electron chi connectivity index (χ2n) is 1.75. The third kappa shape index (κ3) is 7.43. The highest BCUT2D eigenvalue weighted by atomic mass is 16.5. The molecule has 3 heteroatoms. The van der Waals surface area contributed by atoms with Gasteiger partial charge in [-0.15, -0.1) is 0 Å². The lowest BCUT2D eigenvalue weighted by atomic mass is 10.3. The molecule has 0 aromatic heterocycles. The quantitative estimate of drug-likeness (QED) is 0.417. The van der Waals surface area contributed by atoms with Crippen molar-refractivity contribution in [3.8, 4) is 0 Å². The Kier molecular flexibility index (Phi) is 5.21. The summed E-state index contributed by atoms with van der Waals surface area (Å²) >= 11 is 0. The van der Waals surface area contributed by atoms with Crippen LogP contribution in [0.1, 0.15) is 19.8 Å². The van der Waals surface area contributed by atoms with E-state index in [4.69, 9.17) is 0 Å². The zero-order valence-corrected chi connectivity index (χ0v) is 5.55. The lowest BCUT2D eigenvalue weighted by Crippen LogP contribution is -2.00. The van der Waals surface area contributed by atoms with Crippen LogP contribution in [0.2, 0.25) is 0 Å². The molecule has 0 saturated heterocycles. The van der Waals surface area contributed by atoms with Crippen LogP contribution in [0, 0.1) is 0 Å². The van der Waals surface area contributed by atoms with Crippen LogP contribution in [0.15, 0.2) is 0 Å². The van der Waals surface area contributed by atoms with Crippen molar-refractivity contribution in [2.24, 2.45) is 0 Å². The Bertz CT molecular complexity index is 80.4. The summed E-state index contributed by atoms with van der Waals surface area (Å²) in [6.45, 7) is 1.66. The Hall–Kier alpha value is -0.570. The van der Waals surface area contributed by atoms with Crippen LogP contribution in [-0.2, 0) is 14.6 Å². The van der Waals surface area contributed by atoms with Gasteiger partial charge in [-0.2, -0.15) is 0 Å². The molecule has 9 heavy (non-hydrogen) atoms. The van der Waals surface area contributed by atoms with Crippen LogP contribution >= 0.6 is 0 Å². The number of carbonyl (C=O) groups excluding carboxylic acids is 1. The lowest BCUT2D eigenvalue weighted by Gasteiger charge is -1.97. The molecule has 0 fully saturated rings. The minimum Gasteiger partial charge on any atom is -0.466 e. The molecule has 0 saturated carbocycles. The van der Waals surface area contributed by atoms with E-state index in [2.05, 4.69) is 4.74 Å². The fourth-order valence-corrected chi connectivity index (χ4v) is 0.420. The predicted molar refractivity (Wildman–Crippen MR) is 31.4 cm³/mol. The van der Waals surface area contributed by atoms with Gasteiger partial charge in [0.05, 0.1) is 13.2 Å². The van der Waals surface area contributed by atoms with Gasteiger partial charge in [-0.25, -0.2) is 5.11 Å². The molecule has 0 N–H and O–H groups in total. The number of esters is 1. The van der Waals surface area contributed by atoms with Gasteiger partial charge >= 0.3 is 5.97 Å². The van der Waals surface area contributed by atoms with Gasteiger partial charge in [0.15, 0.2) is 0 Å². The van der Waals surface area contributed by atoms with Crippen LogP contribution in [-0.4, -0.2) is 19.2 Å². The first kappa shape index (κ1) is 8.43. The summed E-state index contributed by atoms with van der Waals surface area (Å²) in [5.41, 5.74) is 0. The van der Waals surface area contributed by atoms with Gasteiger partial charge in [0.2, 0.25) is 0 Å².